The molecule has 9 heteroatoms. The minimum Gasteiger partial charge on any atom is -0.545 e. The Hall–Kier alpha value is -2.23. The summed E-state index contributed by atoms with van der Waals surface area (Å²) in [6.07, 6.45) is 32.0. The van der Waals surface area contributed by atoms with E-state index in [0.29, 0.717) is 17.4 Å². The van der Waals surface area contributed by atoms with Crippen molar-refractivity contribution in [3.63, 3.8) is 0 Å². The number of carboxylic acids is 1. The summed E-state index contributed by atoms with van der Waals surface area (Å²) in [7, 11) is 5.89. The molecular weight excluding hydrogens is 646 g/mol. The summed E-state index contributed by atoms with van der Waals surface area (Å²) in [5, 5.41) is 11.6. The van der Waals surface area contributed by atoms with Gasteiger partial charge in [0.05, 0.1) is 40.3 Å². The molecular formula is C42H77NO8. The number of unbranched alkanes of at least 4 members (excludes halogenated alkanes) is 18. The SMILES string of the molecule is CCCCC/C=C\CCCCCCCC(=O)OCC(COC(OCC[N+](C)(C)C)C(=O)[O-])OC(=O)CCCCCCC/C=C\CCCCCCC. The molecule has 0 aliphatic rings. The summed E-state index contributed by atoms with van der Waals surface area (Å²) < 4.78 is 22.4. The van der Waals surface area contributed by atoms with Crippen molar-refractivity contribution < 1.29 is 42.9 Å². The van der Waals surface area contributed by atoms with E-state index >= 15 is 0 Å². The van der Waals surface area contributed by atoms with Gasteiger partial charge in [0.1, 0.15) is 13.2 Å². The smallest absolute Gasteiger partial charge is 0.306 e. The number of carbonyl (C=O) groups excluding carboxylic acids is 3. The van der Waals surface area contributed by atoms with Gasteiger partial charge in [0, 0.05) is 12.8 Å². The zero-order valence-electron chi connectivity index (χ0n) is 33.5. The Morgan fingerprint density at radius 3 is 1.49 bits per heavy atom. The number of nitrogens with zero attached hydrogens (tertiary/aromatic N) is 1. The Kier molecular flexibility index (Phi) is 33.3. The molecule has 0 saturated heterocycles. The predicted molar refractivity (Wildman–Crippen MR) is 205 cm³/mol. The van der Waals surface area contributed by atoms with E-state index in [4.69, 9.17) is 18.9 Å². The summed E-state index contributed by atoms with van der Waals surface area (Å²) in [4.78, 5) is 36.8. The van der Waals surface area contributed by atoms with Crippen LogP contribution in [0.25, 0.3) is 0 Å². The van der Waals surface area contributed by atoms with Crippen molar-refractivity contribution in [3.8, 4) is 0 Å². The molecule has 0 aliphatic heterocycles. The highest BCUT2D eigenvalue weighted by molar-refractivity contribution is 5.70. The molecule has 0 N–H and O–H groups in total. The van der Waals surface area contributed by atoms with Crippen LogP contribution in [0.4, 0.5) is 0 Å². The maximum Gasteiger partial charge on any atom is 0.306 e. The van der Waals surface area contributed by atoms with Crippen molar-refractivity contribution in [2.45, 2.75) is 180 Å². The molecule has 0 rings (SSSR count). The first-order chi connectivity index (χ1) is 24.6. The van der Waals surface area contributed by atoms with Gasteiger partial charge >= 0.3 is 11.9 Å². The first kappa shape index (κ1) is 48.8. The first-order valence-electron chi connectivity index (χ1n) is 20.5. The fourth-order valence-electron chi connectivity index (χ4n) is 5.40. The number of likely N-dealkylation sites (N-methyl/N-ethyl adjacent to an activating group) is 1. The molecule has 9 nitrogen and oxygen atoms in total. The molecule has 0 amide bonds. The molecule has 0 saturated carbocycles. The molecule has 0 aromatic carbocycles. The number of esters is 2. The number of hydrogen-bond acceptors (Lipinski definition) is 8. The Balaban J connectivity index is 4.53. The zero-order valence-corrected chi connectivity index (χ0v) is 33.5. The third-order valence-corrected chi connectivity index (χ3v) is 8.67. The average Bonchev–Trinajstić information content (AvgIpc) is 3.08. The number of hydrogen-bond donors (Lipinski definition) is 0. The Morgan fingerprint density at radius 1 is 0.569 bits per heavy atom. The van der Waals surface area contributed by atoms with E-state index in [2.05, 4.69) is 38.2 Å². The third-order valence-electron chi connectivity index (χ3n) is 8.67. The maximum atomic E-state index is 12.7. The lowest BCUT2D eigenvalue weighted by molar-refractivity contribution is -0.870. The molecule has 51 heavy (non-hydrogen) atoms. The molecule has 0 radical (unpaired) electrons. The van der Waals surface area contributed by atoms with E-state index in [9.17, 15) is 19.5 Å². The lowest BCUT2D eigenvalue weighted by Crippen LogP contribution is -2.44. The highest BCUT2D eigenvalue weighted by Gasteiger charge is 2.21. The van der Waals surface area contributed by atoms with Gasteiger partial charge < -0.3 is 33.3 Å². The van der Waals surface area contributed by atoms with Gasteiger partial charge in [-0.25, -0.2) is 0 Å². The number of quaternary nitrogens is 1. The van der Waals surface area contributed by atoms with E-state index in [-0.39, 0.29) is 38.6 Å². The summed E-state index contributed by atoms with van der Waals surface area (Å²) >= 11 is 0. The number of ether oxygens (including phenoxy) is 4. The molecule has 0 heterocycles. The van der Waals surface area contributed by atoms with Crippen LogP contribution < -0.4 is 5.11 Å². The fourth-order valence-corrected chi connectivity index (χ4v) is 5.40. The van der Waals surface area contributed by atoms with Crippen LogP contribution in [0, 0.1) is 0 Å². The van der Waals surface area contributed by atoms with Crippen LogP contribution in [-0.2, 0) is 33.3 Å². The van der Waals surface area contributed by atoms with E-state index in [1.165, 1.54) is 64.2 Å². The van der Waals surface area contributed by atoms with Crippen molar-refractivity contribution in [2.75, 3.05) is 47.5 Å². The van der Waals surface area contributed by atoms with E-state index < -0.39 is 24.3 Å². The topological polar surface area (TPSA) is 111 Å². The molecule has 0 aliphatic carbocycles. The maximum absolute atomic E-state index is 12.7. The van der Waals surface area contributed by atoms with Crippen LogP contribution in [0.5, 0.6) is 0 Å². The number of carbonyl (C=O) groups is 3. The molecule has 0 aromatic heterocycles. The predicted octanol–water partition coefficient (Wildman–Crippen LogP) is 8.77. The largest absolute Gasteiger partial charge is 0.545 e. The lowest BCUT2D eigenvalue weighted by atomic mass is 10.1. The second kappa shape index (κ2) is 34.8. The molecule has 2 atom stereocenters. The van der Waals surface area contributed by atoms with Gasteiger partial charge in [0.25, 0.3) is 0 Å². The van der Waals surface area contributed by atoms with Crippen LogP contribution in [0.15, 0.2) is 24.3 Å². The van der Waals surface area contributed by atoms with E-state index in [1.807, 2.05) is 21.1 Å². The average molecular weight is 724 g/mol. The lowest BCUT2D eigenvalue weighted by Gasteiger charge is -2.26. The summed E-state index contributed by atoms with van der Waals surface area (Å²) in [5.41, 5.74) is 0. The van der Waals surface area contributed by atoms with Crippen LogP contribution >= 0.6 is 0 Å². The minimum absolute atomic E-state index is 0.146. The van der Waals surface area contributed by atoms with Crippen LogP contribution in [-0.4, -0.2) is 82.3 Å². The summed E-state index contributed by atoms with van der Waals surface area (Å²) in [5.74, 6) is -2.31. The Labute approximate surface area is 312 Å². The van der Waals surface area contributed by atoms with Gasteiger partial charge in [-0.1, -0.05) is 115 Å². The number of allylic oxidation sites excluding steroid dienone is 4. The van der Waals surface area contributed by atoms with Crippen LogP contribution in [0.1, 0.15) is 168 Å². The molecule has 0 spiro atoms. The summed E-state index contributed by atoms with van der Waals surface area (Å²) in [6, 6.07) is 0. The number of carboxylic acid groups (broad SMARTS) is 1. The van der Waals surface area contributed by atoms with Crippen LogP contribution in [0.2, 0.25) is 0 Å². The number of aliphatic carboxylic acids is 1. The molecule has 0 aromatic rings. The molecule has 2 unspecified atom stereocenters. The summed E-state index contributed by atoms with van der Waals surface area (Å²) in [6.45, 7) is 4.67. The molecule has 298 valence electrons. The molecule has 0 fully saturated rings. The highest BCUT2D eigenvalue weighted by atomic mass is 16.7. The van der Waals surface area contributed by atoms with E-state index in [1.54, 1.807) is 0 Å². The first-order valence-corrected chi connectivity index (χ1v) is 20.5. The van der Waals surface area contributed by atoms with Crippen molar-refractivity contribution in [1.82, 2.24) is 0 Å². The standard InChI is InChI=1S/C42H77NO8/c1-6-8-10-12-14-16-18-20-21-23-25-27-29-31-33-40(45)51-38(37-50-42(41(46)47)48-35-34-43(3,4)5)36-49-39(44)32-30-28-26-24-22-19-17-15-13-11-9-7-2/h15,17-18,20,38,42H,6-14,16,19,21-37H2,1-5H3/b17-15-,20-18-. The third kappa shape index (κ3) is 35.9. The normalized spacial score (nSPS) is 13.2. The van der Waals surface area contributed by atoms with Crippen molar-refractivity contribution >= 4 is 17.9 Å². The second-order valence-electron chi connectivity index (χ2n) is 14.9. The Morgan fingerprint density at radius 2 is 1.00 bits per heavy atom. The zero-order chi connectivity index (χ0) is 37.8. The van der Waals surface area contributed by atoms with Crippen LogP contribution in [0.3, 0.4) is 0 Å². The van der Waals surface area contributed by atoms with Gasteiger partial charge in [-0.05, 0) is 64.2 Å². The monoisotopic (exact) mass is 724 g/mol. The van der Waals surface area contributed by atoms with Crippen molar-refractivity contribution in [2.24, 2.45) is 0 Å². The fraction of sp³-hybridized carbons (Fsp3) is 0.833. The van der Waals surface area contributed by atoms with Crippen molar-refractivity contribution in [1.29, 1.82) is 0 Å². The van der Waals surface area contributed by atoms with Gasteiger partial charge in [0.2, 0.25) is 0 Å². The number of rotatable bonds is 37. The van der Waals surface area contributed by atoms with Gasteiger partial charge in [-0.3, -0.25) is 9.59 Å². The van der Waals surface area contributed by atoms with Gasteiger partial charge in [-0.2, -0.15) is 0 Å². The van der Waals surface area contributed by atoms with Crippen molar-refractivity contribution in [3.05, 3.63) is 24.3 Å². The molecule has 0 bridgehead atoms. The van der Waals surface area contributed by atoms with E-state index in [0.717, 1.165) is 70.6 Å². The second-order valence-corrected chi connectivity index (χ2v) is 14.9. The quantitative estimate of drug-likeness (QED) is 0.0206. The van der Waals surface area contributed by atoms with Gasteiger partial charge in [-0.15, -0.1) is 0 Å². The van der Waals surface area contributed by atoms with Gasteiger partial charge in [0.15, 0.2) is 12.4 Å². The Bertz CT molecular complexity index is 898. The highest BCUT2D eigenvalue weighted by Crippen LogP contribution is 2.13. The minimum atomic E-state index is -1.62.